The van der Waals surface area contributed by atoms with Gasteiger partial charge in [0.15, 0.2) is 0 Å². The third-order valence-corrected chi connectivity index (χ3v) is 15.7. The Labute approximate surface area is 342 Å². The number of rotatable bonds is 6. The average molecular weight is 844 g/mol. The number of benzene rings is 6. The minimum absolute atomic E-state index is 0. The predicted molar refractivity (Wildman–Crippen MR) is 238 cm³/mol. The van der Waals surface area contributed by atoms with Gasteiger partial charge in [0.2, 0.25) is 0 Å². The number of fused-ring (bicyclic) bond motifs is 1. The van der Waals surface area contributed by atoms with Crippen molar-refractivity contribution in [3.8, 4) is 5.75 Å². The second-order valence-electron chi connectivity index (χ2n) is 14.8. The molecule has 0 bridgehead atoms. The fourth-order valence-corrected chi connectivity index (χ4v) is 14.1. The van der Waals surface area contributed by atoms with Gasteiger partial charge in [0.25, 0.3) is 0 Å². The molecule has 6 aromatic carbocycles. The summed E-state index contributed by atoms with van der Waals surface area (Å²) in [5.41, 5.74) is 17.9. The number of halogens is 1. The molecule has 1 N–H and O–H groups in total. The summed E-state index contributed by atoms with van der Waals surface area (Å²) in [5, 5.41) is 11.9. The molecule has 0 saturated carbocycles. The van der Waals surface area contributed by atoms with Crippen LogP contribution in [0, 0.1) is 48.5 Å². The van der Waals surface area contributed by atoms with E-state index >= 15 is 0 Å². The van der Waals surface area contributed by atoms with Crippen LogP contribution < -0.4 is 14.0 Å². The molecule has 4 nitrogen and oxygen atoms in total. The molecule has 0 spiro atoms. The number of allylic oxidation sites excluding steroid dienone is 1. The second kappa shape index (κ2) is 16.1. The Morgan fingerprint density at radius 3 is 1.71 bits per heavy atom. The molecular formula is C50H49ClN3ORu. The van der Waals surface area contributed by atoms with Crippen molar-refractivity contribution in [1.82, 2.24) is 0 Å². The van der Waals surface area contributed by atoms with E-state index in [2.05, 4.69) is 155 Å². The Bertz CT molecular complexity index is 2540. The monoisotopic (exact) mass is 844 g/mol. The quantitative estimate of drug-likeness (QED) is 0.134. The largest absolute Gasteiger partial charge is 0.147 e. The fraction of sp³-hybridized carbons (Fsp3) is 0.180. The number of hydrogen-bond acceptors (Lipinski definition) is 4. The van der Waals surface area contributed by atoms with Gasteiger partial charge in [-0.2, -0.15) is 0 Å². The maximum absolute atomic E-state index is 11.9. The number of phenolic OH excluding ortho intramolecular Hbond substituents is 1. The van der Waals surface area contributed by atoms with Gasteiger partial charge in [-0.1, -0.05) is 0 Å². The van der Waals surface area contributed by atoms with E-state index in [9.17, 15) is 5.11 Å². The first-order valence-corrected chi connectivity index (χ1v) is 21.6. The van der Waals surface area contributed by atoms with Gasteiger partial charge < -0.3 is 0 Å². The summed E-state index contributed by atoms with van der Waals surface area (Å²) in [4.78, 5) is 10.3. The Balaban J connectivity index is 0.00000480. The van der Waals surface area contributed by atoms with Crippen molar-refractivity contribution in [1.29, 1.82) is 0 Å². The molecule has 1 saturated heterocycles. The maximum Gasteiger partial charge on any atom is -0.147 e. The van der Waals surface area contributed by atoms with Crippen LogP contribution in [0.25, 0.3) is 5.57 Å². The van der Waals surface area contributed by atoms with Crippen LogP contribution >= 0.6 is 12.4 Å². The van der Waals surface area contributed by atoms with E-state index in [1.54, 1.807) is 0 Å². The number of hydrogen-bond donors (Lipinski definition) is 1. The Hall–Kier alpha value is -5.22. The smallest absolute Gasteiger partial charge is 0.147 e. The van der Waals surface area contributed by atoms with Gasteiger partial charge in [0.05, 0.1) is 0 Å². The minimum atomic E-state index is -2.58. The first kappa shape index (κ1) is 39.0. The van der Waals surface area contributed by atoms with Gasteiger partial charge in [0.1, 0.15) is 0 Å². The summed E-state index contributed by atoms with van der Waals surface area (Å²) in [6, 6.07) is 43.2. The van der Waals surface area contributed by atoms with E-state index in [1.807, 2.05) is 36.5 Å². The molecule has 1 aliphatic carbocycles. The van der Waals surface area contributed by atoms with Crippen LogP contribution in [0.15, 0.2) is 132 Å². The summed E-state index contributed by atoms with van der Waals surface area (Å²) in [6.07, 6.45) is 4.38. The third-order valence-electron chi connectivity index (χ3n) is 10.6. The Morgan fingerprint density at radius 2 is 1.12 bits per heavy atom. The van der Waals surface area contributed by atoms with Crippen LogP contribution in [-0.2, 0) is 15.0 Å². The number of aromatic hydroxyl groups is 1. The van der Waals surface area contributed by atoms with Gasteiger partial charge in [-0.25, -0.2) is 0 Å². The maximum atomic E-state index is 11.9. The molecule has 1 heterocycles. The Morgan fingerprint density at radius 1 is 0.589 bits per heavy atom. The van der Waals surface area contributed by atoms with E-state index in [1.165, 1.54) is 75.5 Å². The van der Waals surface area contributed by atoms with Gasteiger partial charge in [-0.05, 0) is 0 Å². The standard InChI is InChI=1S/C21H26N2.C15H10.C14H12NO.ClH.Ru/c1-14-9-16(3)20(17(4)10-14)22-7-8-23(13-22)21-18(5)11-15(2)12-19(21)6;1-2-6-12(7-3-1)15-11-10-13-8-4-5-9-14(13)15;1-11-6-2-4-8-13(11)15-10-12-7-3-5-9-14(12)16;;/h9-12H,7-8H2,1-6H3;1-9,11H;2-6,8-10,16H,1H3;1H;. The fourth-order valence-electron chi connectivity index (χ4n) is 8.43. The first-order chi connectivity index (χ1) is 26.6. The number of anilines is 2. The average Bonchev–Trinajstić information content (AvgIpc) is 3.74. The first-order valence-electron chi connectivity index (χ1n) is 19.0. The second-order valence-corrected chi connectivity index (χ2v) is 18.8. The Kier molecular flexibility index (Phi) is 11.2. The zero-order chi connectivity index (χ0) is 38.4. The van der Waals surface area contributed by atoms with Crippen LogP contribution in [0.2, 0.25) is 0 Å². The van der Waals surface area contributed by atoms with Crippen molar-refractivity contribution in [2.75, 3.05) is 22.9 Å². The number of aryl methyl sites for hydroxylation is 7. The molecule has 285 valence electrons. The number of para-hydroxylation sites is 1. The molecule has 6 heteroatoms. The van der Waals surface area contributed by atoms with Crippen molar-refractivity contribution < 1.29 is 20.2 Å². The number of phenols is 1. The number of nitrogens with zero attached hydrogens (tertiary/aromatic N) is 3. The summed E-state index contributed by atoms with van der Waals surface area (Å²) in [6.45, 7) is 17.2. The molecule has 1 fully saturated rings. The molecule has 56 heavy (non-hydrogen) atoms. The zero-order valence-corrected chi connectivity index (χ0v) is 35.7. The van der Waals surface area contributed by atoms with Crippen LogP contribution in [0.1, 0.15) is 61.2 Å². The minimum Gasteiger partial charge on any atom is -0.147 e. The molecule has 2 aliphatic rings. The van der Waals surface area contributed by atoms with Crippen LogP contribution in [-0.4, -0.2) is 32.9 Å². The van der Waals surface area contributed by atoms with Crippen molar-refractivity contribution in [2.45, 2.75) is 48.5 Å². The molecule has 8 rings (SSSR count). The predicted octanol–water partition coefficient (Wildman–Crippen LogP) is 10.7. The number of aliphatic imine (C=N–C) groups is 1. The van der Waals surface area contributed by atoms with Crippen molar-refractivity contribution in [3.05, 3.63) is 189 Å². The van der Waals surface area contributed by atoms with E-state index in [-0.39, 0.29) is 18.2 Å². The molecule has 0 amide bonds. The van der Waals surface area contributed by atoms with Gasteiger partial charge in [0, 0.05) is 0 Å². The van der Waals surface area contributed by atoms with E-state index in [4.69, 9.17) is 4.99 Å². The van der Waals surface area contributed by atoms with Crippen LogP contribution in [0.5, 0.6) is 5.75 Å². The molecule has 0 atom stereocenters. The van der Waals surface area contributed by atoms with E-state index in [0.717, 1.165) is 34.1 Å². The third kappa shape index (κ3) is 7.15. The van der Waals surface area contributed by atoms with Crippen molar-refractivity contribution in [2.24, 2.45) is 4.99 Å². The van der Waals surface area contributed by atoms with Crippen LogP contribution in [0.4, 0.5) is 17.1 Å². The molecule has 1 aliphatic heterocycles. The van der Waals surface area contributed by atoms with E-state index < -0.39 is 15.0 Å². The SMILES string of the molecule is Cc1cc(C)c(N2CCN(c3c(C)cc(C)cc3C)[C]2=[Ru](=[C]2C=C(c3ccccc3)c3ccccc32)[c]2cccc(O)c2C=Nc2ccccc2C)c(C)c1.Cl. The molecule has 6 aromatic rings. The topological polar surface area (TPSA) is 39.1 Å². The summed E-state index contributed by atoms with van der Waals surface area (Å²) in [5.74, 6) is 0.245. The van der Waals surface area contributed by atoms with Crippen molar-refractivity contribution >= 4 is 53.9 Å². The van der Waals surface area contributed by atoms with Gasteiger partial charge in [-0.3, -0.25) is 0 Å². The summed E-state index contributed by atoms with van der Waals surface area (Å²) in [7, 11) is 0. The molecule has 0 radical (unpaired) electrons. The molecule has 0 aromatic heterocycles. The molecular weight excluding hydrogens is 795 g/mol. The van der Waals surface area contributed by atoms with Crippen LogP contribution in [0.3, 0.4) is 0 Å². The zero-order valence-electron chi connectivity index (χ0n) is 33.2. The van der Waals surface area contributed by atoms with E-state index in [0.29, 0.717) is 0 Å². The summed E-state index contributed by atoms with van der Waals surface area (Å²) >= 11 is -2.58. The molecule has 0 unspecified atom stereocenters. The normalized spacial score (nSPS) is 14.9. The summed E-state index contributed by atoms with van der Waals surface area (Å²) < 4.78 is 3.81. The van der Waals surface area contributed by atoms with Gasteiger partial charge in [-0.15, -0.1) is 12.4 Å². The van der Waals surface area contributed by atoms with Gasteiger partial charge >= 0.3 is 332 Å². The van der Waals surface area contributed by atoms with Crippen molar-refractivity contribution in [3.63, 3.8) is 0 Å².